The van der Waals surface area contributed by atoms with E-state index in [0.717, 1.165) is 19.3 Å². The van der Waals surface area contributed by atoms with Crippen LogP contribution >= 0.6 is 27.7 Å². The lowest BCUT2D eigenvalue weighted by atomic mass is 9.70. The zero-order valence-electron chi connectivity index (χ0n) is 20.7. The molecule has 3 fully saturated rings. The zero-order valence-corrected chi connectivity index (χ0v) is 23.1. The number of carbonyl (C=O) groups excluding carboxylic acids is 3. The van der Waals surface area contributed by atoms with Crippen LogP contribution in [-0.2, 0) is 14.4 Å². The van der Waals surface area contributed by atoms with Crippen LogP contribution in [0.4, 0.5) is 0 Å². The summed E-state index contributed by atoms with van der Waals surface area (Å²) in [6.45, 7) is 11.1. The van der Waals surface area contributed by atoms with E-state index in [2.05, 4.69) is 47.3 Å². The molecule has 3 heterocycles. The third-order valence-corrected chi connectivity index (χ3v) is 10.3. The molecule has 0 aromatic heterocycles. The Morgan fingerprint density at radius 2 is 1.85 bits per heavy atom. The molecule has 3 amide bonds. The van der Waals surface area contributed by atoms with Gasteiger partial charge in [0.25, 0.3) is 0 Å². The molecule has 1 spiro atoms. The van der Waals surface area contributed by atoms with Gasteiger partial charge < -0.3 is 20.6 Å². The van der Waals surface area contributed by atoms with E-state index in [4.69, 9.17) is 5.11 Å². The van der Waals surface area contributed by atoms with Crippen LogP contribution < -0.4 is 10.6 Å². The molecule has 7 nitrogen and oxygen atoms in total. The van der Waals surface area contributed by atoms with Crippen molar-refractivity contribution in [1.29, 1.82) is 0 Å². The highest BCUT2D eigenvalue weighted by Gasteiger charge is 2.75. The van der Waals surface area contributed by atoms with Crippen molar-refractivity contribution in [2.24, 2.45) is 17.3 Å². The third kappa shape index (κ3) is 5.10. The first-order valence-electron chi connectivity index (χ1n) is 12.0. The summed E-state index contributed by atoms with van der Waals surface area (Å²) in [6.07, 6.45) is 3.68. The quantitative estimate of drug-likeness (QED) is 0.305. The Morgan fingerprint density at radius 3 is 2.42 bits per heavy atom. The van der Waals surface area contributed by atoms with Crippen LogP contribution in [0.25, 0.3) is 0 Å². The number of hydrogen-bond donors (Lipinski definition) is 3. The Bertz CT molecular complexity index is 786. The van der Waals surface area contributed by atoms with Gasteiger partial charge in [-0.3, -0.25) is 14.4 Å². The van der Waals surface area contributed by atoms with Crippen molar-refractivity contribution in [3.63, 3.8) is 0 Å². The number of fused-ring (bicyclic) bond motifs is 1. The van der Waals surface area contributed by atoms with Crippen molar-refractivity contribution in [2.45, 2.75) is 93.1 Å². The second-order valence-electron chi connectivity index (χ2n) is 11.7. The lowest BCUT2D eigenvalue weighted by Crippen LogP contribution is -2.58. The number of nitrogens with zero attached hydrogens (tertiary/aromatic N) is 1. The predicted molar refractivity (Wildman–Crippen MR) is 135 cm³/mol. The molecule has 2 bridgehead atoms. The molecule has 6 atom stereocenters. The van der Waals surface area contributed by atoms with E-state index in [1.807, 2.05) is 13.8 Å². The molecule has 0 aliphatic carbocycles. The normalized spacial score (nSPS) is 33.4. The van der Waals surface area contributed by atoms with Crippen molar-refractivity contribution in [1.82, 2.24) is 15.5 Å². The fraction of sp³-hybridized carbons (Fsp3) is 0.875. The van der Waals surface area contributed by atoms with Gasteiger partial charge in [-0.2, -0.15) is 0 Å². The number of rotatable bonds is 9. The smallest absolute Gasteiger partial charge is 0.244 e. The standard InChI is InChI=1S/C24H40BrN3O4S/c1-22(2,3)13-23(4,5)27-20(31)18-24-12-14(25)17(33-24)15(19(30)26-6)16(24)21(32)28(18)10-8-7-9-11-29/h14-18,29H,7-13H2,1-6H3,(H,26,30)(H,27,31)/t14?,15-,16+,17-,18?,24?/m1/s1. The first kappa shape index (κ1) is 26.8. The predicted octanol–water partition coefficient (Wildman–Crippen LogP) is 2.69. The first-order valence-corrected chi connectivity index (χ1v) is 13.8. The molecule has 3 aliphatic rings. The van der Waals surface area contributed by atoms with Crippen LogP contribution in [0.3, 0.4) is 0 Å². The average Bonchev–Trinajstić information content (AvgIpc) is 3.26. The fourth-order valence-corrected chi connectivity index (χ4v) is 10.1. The number of alkyl halides is 1. The first-order chi connectivity index (χ1) is 15.3. The van der Waals surface area contributed by atoms with Crippen LogP contribution in [-0.4, -0.2) is 74.3 Å². The molecule has 188 valence electrons. The molecule has 3 saturated heterocycles. The van der Waals surface area contributed by atoms with Crippen molar-refractivity contribution < 1.29 is 19.5 Å². The van der Waals surface area contributed by atoms with Crippen molar-refractivity contribution in [3.8, 4) is 0 Å². The number of amides is 3. The summed E-state index contributed by atoms with van der Waals surface area (Å²) in [4.78, 5) is 42.4. The molecule has 3 aliphatic heterocycles. The number of unbranched alkanes of at least 4 members (excludes halogenated alkanes) is 2. The van der Waals surface area contributed by atoms with E-state index < -0.39 is 28.2 Å². The van der Waals surface area contributed by atoms with Gasteiger partial charge in [0.05, 0.1) is 16.6 Å². The number of nitrogens with one attached hydrogen (secondary N) is 2. The number of carbonyl (C=O) groups is 3. The van der Waals surface area contributed by atoms with Crippen molar-refractivity contribution in [2.75, 3.05) is 20.2 Å². The van der Waals surface area contributed by atoms with Gasteiger partial charge in [0.2, 0.25) is 17.7 Å². The van der Waals surface area contributed by atoms with Crippen LogP contribution in [0.2, 0.25) is 0 Å². The van der Waals surface area contributed by atoms with Gasteiger partial charge >= 0.3 is 0 Å². The van der Waals surface area contributed by atoms with E-state index in [0.29, 0.717) is 19.4 Å². The summed E-state index contributed by atoms with van der Waals surface area (Å²) in [5.74, 6) is -1.24. The van der Waals surface area contributed by atoms with Crippen LogP contribution in [0.5, 0.6) is 0 Å². The van der Waals surface area contributed by atoms with Gasteiger partial charge in [-0.15, -0.1) is 11.8 Å². The van der Waals surface area contributed by atoms with Gasteiger partial charge in [0.1, 0.15) is 6.04 Å². The lowest BCUT2D eigenvalue weighted by molar-refractivity contribution is -0.140. The summed E-state index contributed by atoms with van der Waals surface area (Å²) in [5, 5.41) is 15.1. The molecule has 9 heteroatoms. The lowest BCUT2D eigenvalue weighted by Gasteiger charge is -2.39. The van der Waals surface area contributed by atoms with E-state index >= 15 is 0 Å². The highest BCUT2D eigenvalue weighted by molar-refractivity contribution is 9.09. The zero-order chi connectivity index (χ0) is 24.8. The highest BCUT2D eigenvalue weighted by Crippen LogP contribution is 2.67. The Hall–Kier alpha value is -0.800. The molecular weight excluding hydrogens is 506 g/mol. The number of aliphatic hydroxyl groups is 1. The number of hydrogen-bond acceptors (Lipinski definition) is 5. The maximum absolute atomic E-state index is 13.9. The SMILES string of the molecule is CNC(=O)[C@H]1[C@@H]2SC3(CC2Br)C(C(=O)NC(C)(C)CC(C)(C)C)N(CCCCCO)C(=O)[C@H]13. The average molecular weight is 547 g/mol. The summed E-state index contributed by atoms with van der Waals surface area (Å²) >= 11 is 5.43. The summed E-state index contributed by atoms with van der Waals surface area (Å²) in [6, 6.07) is -0.604. The Morgan fingerprint density at radius 1 is 1.18 bits per heavy atom. The second kappa shape index (κ2) is 9.69. The minimum absolute atomic E-state index is 0.0201. The van der Waals surface area contributed by atoms with Crippen molar-refractivity contribution >= 4 is 45.4 Å². The maximum atomic E-state index is 13.9. The highest BCUT2D eigenvalue weighted by atomic mass is 79.9. The van der Waals surface area contributed by atoms with Gasteiger partial charge in [-0.05, 0) is 51.4 Å². The molecule has 0 aromatic rings. The van der Waals surface area contributed by atoms with E-state index in [9.17, 15) is 14.4 Å². The molecule has 3 unspecified atom stereocenters. The van der Waals surface area contributed by atoms with Crippen LogP contribution in [0.15, 0.2) is 0 Å². The number of aliphatic hydroxyl groups excluding tert-OH is 1. The maximum Gasteiger partial charge on any atom is 0.244 e. The summed E-state index contributed by atoms with van der Waals surface area (Å²) in [5.41, 5.74) is -0.385. The minimum atomic E-state index is -0.605. The molecule has 33 heavy (non-hydrogen) atoms. The summed E-state index contributed by atoms with van der Waals surface area (Å²) < 4.78 is -0.605. The van der Waals surface area contributed by atoms with Crippen LogP contribution in [0.1, 0.15) is 66.7 Å². The van der Waals surface area contributed by atoms with Gasteiger partial charge in [0, 0.05) is 35.8 Å². The van der Waals surface area contributed by atoms with E-state index in [-0.39, 0.29) is 39.8 Å². The number of halogens is 1. The minimum Gasteiger partial charge on any atom is -0.396 e. The van der Waals surface area contributed by atoms with E-state index in [1.54, 1.807) is 23.7 Å². The van der Waals surface area contributed by atoms with Gasteiger partial charge in [-0.1, -0.05) is 36.7 Å². The Balaban J connectivity index is 1.94. The van der Waals surface area contributed by atoms with Gasteiger partial charge in [-0.25, -0.2) is 0 Å². The number of likely N-dealkylation sites (tertiary alicyclic amines) is 1. The Labute approximate surface area is 210 Å². The van der Waals surface area contributed by atoms with E-state index in [1.165, 1.54) is 0 Å². The topological polar surface area (TPSA) is 98.7 Å². The fourth-order valence-electron chi connectivity index (χ4n) is 6.48. The monoisotopic (exact) mass is 545 g/mol. The molecule has 3 rings (SSSR count). The molecule has 0 aromatic carbocycles. The molecule has 0 saturated carbocycles. The van der Waals surface area contributed by atoms with Gasteiger partial charge in [0.15, 0.2) is 0 Å². The molecule has 3 N–H and O–H groups in total. The van der Waals surface area contributed by atoms with Crippen LogP contribution in [0, 0.1) is 17.3 Å². The second-order valence-corrected chi connectivity index (χ2v) is 14.4. The Kier molecular flexibility index (Phi) is 7.87. The summed E-state index contributed by atoms with van der Waals surface area (Å²) in [7, 11) is 1.61. The molecular formula is C24H40BrN3O4S. The largest absolute Gasteiger partial charge is 0.396 e. The van der Waals surface area contributed by atoms with Crippen molar-refractivity contribution in [3.05, 3.63) is 0 Å². The third-order valence-electron chi connectivity index (χ3n) is 7.08. The molecule has 0 radical (unpaired) electrons. The number of thioether (sulfide) groups is 1.